The van der Waals surface area contributed by atoms with Gasteiger partial charge in [-0.05, 0) is 24.3 Å². The highest BCUT2D eigenvalue weighted by Crippen LogP contribution is 2.09. The van der Waals surface area contributed by atoms with Gasteiger partial charge in [-0.1, -0.05) is 6.07 Å². The fourth-order valence-electron chi connectivity index (χ4n) is 1.21. The van der Waals surface area contributed by atoms with Crippen molar-refractivity contribution in [1.29, 1.82) is 0 Å². The van der Waals surface area contributed by atoms with Crippen molar-refractivity contribution in [2.24, 2.45) is 0 Å². The molecule has 1 heterocycles. The molecule has 16 heavy (non-hydrogen) atoms. The molecule has 0 bridgehead atoms. The Hall–Kier alpha value is -0.100. The van der Waals surface area contributed by atoms with Crippen molar-refractivity contribution >= 4 is 31.1 Å². The fraction of sp³-hybridized carbons (Fsp3) is 0.600. The highest BCUT2D eigenvalue weighted by atomic mass is 35.7. The molecule has 0 amide bonds. The molecule has 1 aromatic rings. The Bertz CT molecular complexity index is 373. The van der Waals surface area contributed by atoms with Crippen LogP contribution < -0.4 is 0 Å². The molecular formula is C10H15ClO3S2. The Morgan fingerprint density at radius 1 is 1.31 bits per heavy atom. The standard InChI is InChI=1S/C10H15ClO3S2/c11-16(12,13)9-2-1-6-14-7-5-10-4-3-8-15-10/h3-4,8H,1-2,5-7,9H2. The number of halogens is 1. The summed E-state index contributed by atoms with van der Waals surface area (Å²) in [5.41, 5.74) is 0. The van der Waals surface area contributed by atoms with E-state index in [1.165, 1.54) is 4.88 Å². The van der Waals surface area contributed by atoms with Crippen LogP contribution in [0.25, 0.3) is 0 Å². The smallest absolute Gasteiger partial charge is 0.232 e. The first kappa shape index (κ1) is 14.0. The molecule has 0 radical (unpaired) electrons. The third-order valence-electron chi connectivity index (χ3n) is 2.00. The van der Waals surface area contributed by atoms with Gasteiger partial charge in [0.25, 0.3) is 0 Å². The van der Waals surface area contributed by atoms with Crippen molar-refractivity contribution < 1.29 is 13.2 Å². The van der Waals surface area contributed by atoms with Gasteiger partial charge in [-0.25, -0.2) is 8.42 Å². The van der Waals surface area contributed by atoms with Gasteiger partial charge in [0.05, 0.1) is 12.4 Å². The molecule has 1 rings (SSSR count). The molecule has 92 valence electrons. The molecule has 0 unspecified atom stereocenters. The number of unbranched alkanes of at least 4 members (excludes halogenated alkanes) is 1. The van der Waals surface area contributed by atoms with Crippen molar-refractivity contribution in [2.75, 3.05) is 19.0 Å². The zero-order valence-corrected chi connectivity index (χ0v) is 11.3. The Balaban J connectivity index is 1.93. The van der Waals surface area contributed by atoms with Crippen LogP contribution in [0, 0.1) is 0 Å². The molecule has 0 spiro atoms. The van der Waals surface area contributed by atoms with Gasteiger partial charge in [0.2, 0.25) is 9.05 Å². The van der Waals surface area contributed by atoms with Gasteiger partial charge in [-0.2, -0.15) is 0 Å². The SMILES string of the molecule is O=S(=O)(Cl)CCCCOCCc1cccs1. The predicted molar refractivity (Wildman–Crippen MR) is 67.7 cm³/mol. The summed E-state index contributed by atoms with van der Waals surface area (Å²) < 4.78 is 26.6. The van der Waals surface area contributed by atoms with Crippen LogP contribution in [0.5, 0.6) is 0 Å². The van der Waals surface area contributed by atoms with Gasteiger partial charge in [0, 0.05) is 28.6 Å². The Labute approximate surface area is 105 Å². The number of ether oxygens (including phenoxy) is 1. The second-order valence-electron chi connectivity index (χ2n) is 3.39. The van der Waals surface area contributed by atoms with Crippen LogP contribution in [0.2, 0.25) is 0 Å². The van der Waals surface area contributed by atoms with Crippen LogP contribution in [-0.2, 0) is 20.2 Å². The average molecular weight is 283 g/mol. The fourth-order valence-corrected chi connectivity index (χ4v) is 2.77. The Morgan fingerprint density at radius 3 is 2.75 bits per heavy atom. The Kier molecular flexibility index (Phi) is 6.34. The topological polar surface area (TPSA) is 43.4 Å². The van der Waals surface area contributed by atoms with E-state index in [1.54, 1.807) is 11.3 Å². The van der Waals surface area contributed by atoms with E-state index in [4.69, 9.17) is 15.4 Å². The molecule has 0 aliphatic rings. The minimum atomic E-state index is -3.33. The Morgan fingerprint density at radius 2 is 2.12 bits per heavy atom. The summed E-state index contributed by atoms with van der Waals surface area (Å²) in [6, 6.07) is 4.10. The quantitative estimate of drug-likeness (QED) is 0.544. The van der Waals surface area contributed by atoms with Crippen molar-refractivity contribution in [3.05, 3.63) is 22.4 Å². The van der Waals surface area contributed by atoms with Crippen LogP contribution >= 0.6 is 22.0 Å². The van der Waals surface area contributed by atoms with Gasteiger partial charge >= 0.3 is 0 Å². The lowest BCUT2D eigenvalue weighted by molar-refractivity contribution is 0.135. The molecule has 1 aromatic heterocycles. The maximum absolute atomic E-state index is 10.6. The van der Waals surface area contributed by atoms with E-state index in [2.05, 4.69) is 6.07 Å². The van der Waals surface area contributed by atoms with Crippen LogP contribution in [0.15, 0.2) is 17.5 Å². The minimum absolute atomic E-state index is 0.0306. The van der Waals surface area contributed by atoms with Crippen LogP contribution in [0.3, 0.4) is 0 Å². The zero-order valence-electron chi connectivity index (χ0n) is 8.89. The van der Waals surface area contributed by atoms with Gasteiger partial charge in [0.1, 0.15) is 0 Å². The summed E-state index contributed by atoms with van der Waals surface area (Å²) >= 11 is 1.72. The monoisotopic (exact) mass is 282 g/mol. The third kappa shape index (κ3) is 7.22. The zero-order chi connectivity index (χ0) is 11.9. The molecule has 3 nitrogen and oxygen atoms in total. The molecule has 0 saturated carbocycles. The van der Waals surface area contributed by atoms with Gasteiger partial charge < -0.3 is 4.74 Å². The predicted octanol–water partition coefficient (Wildman–Crippen LogP) is 2.66. The first-order chi connectivity index (χ1) is 7.58. The van der Waals surface area contributed by atoms with E-state index in [1.807, 2.05) is 11.4 Å². The van der Waals surface area contributed by atoms with Crippen molar-refractivity contribution in [3.8, 4) is 0 Å². The lowest BCUT2D eigenvalue weighted by Crippen LogP contribution is -2.02. The average Bonchev–Trinajstić information content (AvgIpc) is 2.67. The number of hydrogen-bond acceptors (Lipinski definition) is 4. The van der Waals surface area contributed by atoms with Gasteiger partial charge in [0.15, 0.2) is 0 Å². The van der Waals surface area contributed by atoms with Crippen molar-refractivity contribution in [2.45, 2.75) is 19.3 Å². The molecule has 0 atom stereocenters. The number of thiophene rings is 1. The van der Waals surface area contributed by atoms with Crippen molar-refractivity contribution in [1.82, 2.24) is 0 Å². The lowest BCUT2D eigenvalue weighted by Gasteiger charge is -2.02. The summed E-state index contributed by atoms with van der Waals surface area (Å²) in [5.74, 6) is 0.0306. The maximum atomic E-state index is 10.6. The summed E-state index contributed by atoms with van der Waals surface area (Å²) in [6.45, 7) is 1.28. The van der Waals surface area contributed by atoms with E-state index >= 15 is 0 Å². The molecule has 0 N–H and O–H groups in total. The largest absolute Gasteiger partial charge is 0.381 e. The summed E-state index contributed by atoms with van der Waals surface area (Å²) in [7, 11) is 1.74. The third-order valence-corrected chi connectivity index (χ3v) is 4.18. The molecule has 6 heteroatoms. The second kappa shape index (κ2) is 7.27. The molecule has 0 aromatic carbocycles. The molecule has 0 fully saturated rings. The summed E-state index contributed by atoms with van der Waals surface area (Å²) in [6.07, 6.45) is 2.21. The highest BCUT2D eigenvalue weighted by molar-refractivity contribution is 8.13. The van der Waals surface area contributed by atoms with Gasteiger partial charge in [-0.15, -0.1) is 11.3 Å². The van der Waals surface area contributed by atoms with E-state index in [0.29, 0.717) is 19.6 Å². The van der Waals surface area contributed by atoms with Crippen molar-refractivity contribution in [3.63, 3.8) is 0 Å². The van der Waals surface area contributed by atoms with E-state index in [-0.39, 0.29) is 5.75 Å². The molecule has 0 saturated heterocycles. The maximum Gasteiger partial charge on any atom is 0.232 e. The first-order valence-corrected chi connectivity index (χ1v) is 8.46. The first-order valence-electron chi connectivity index (χ1n) is 5.10. The van der Waals surface area contributed by atoms with Crippen LogP contribution in [0.1, 0.15) is 17.7 Å². The molecular weight excluding hydrogens is 268 g/mol. The molecule has 0 aliphatic carbocycles. The second-order valence-corrected chi connectivity index (χ2v) is 7.32. The molecule has 0 aliphatic heterocycles. The van der Waals surface area contributed by atoms with Crippen LogP contribution in [0.4, 0.5) is 0 Å². The summed E-state index contributed by atoms with van der Waals surface area (Å²) in [4.78, 5) is 1.31. The summed E-state index contributed by atoms with van der Waals surface area (Å²) in [5, 5.41) is 2.04. The lowest BCUT2D eigenvalue weighted by atomic mass is 10.3. The van der Waals surface area contributed by atoms with Crippen LogP contribution in [-0.4, -0.2) is 27.4 Å². The van der Waals surface area contributed by atoms with E-state index in [9.17, 15) is 8.42 Å². The number of rotatable bonds is 8. The van der Waals surface area contributed by atoms with Gasteiger partial charge in [-0.3, -0.25) is 0 Å². The van der Waals surface area contributed by atoms with E-state index in [0.717, 1.165) is 12.8 Å². The normalized spacial score (nSPS) is 11.8. The number of hydrogen-bond donors (Lipinski definition) is 0. The van der Waals surface area contributed by atoms with E-state index < -0.39 is 9.05 Å². The minimum Gasteiger partial charge on any atom is -0.381 e. The highest BCUT2D eigenvalue weighted by Gasteiger charge is 2.03.